The van der Waals surface area contributed by atoms with Crippen molar-refractivity contribution >= 4 is 5.69 Å². The minimum atomic E-state index is -0.0572. The van der Waals surface area contributed by atoms with Crippen LogP contribution in [0, 0.1) is 0 Å². The van der Waals surface area contributed by atoms with Crippen molar-refractivity contribution in [1.82, 2.24) is 4.57 Å². The molecule has 2 aromatic rings. The van der Waals surface area contributed by atoms with Gasteiger partial charge in [0, 0.05) is 18.0 Å². The number of fused-ring (bicyclic) bond motifs is 1. The number of pyridine rings is 1. The molecule has 1 aromatic heterocycles. The number of aryl methyl sites for hydroxylation is 2. The zero-order valence-electron chi connectivity index (χ0n) is 12.0. The lowest BCUT2D eigenvalue weighted by molar-refractivity contribution is 0.296. The number of aromatic nitrogens is 1. The summed E-state index contributed by atoms with van der Waals surface area (Å²) in [5.74, 6) is 0.882. The molecule has 0 saturated heterocycles. The number of hydrogen-bond donors (Lipinski definition) is 1. The summed E-state index contributed by atoms with van der Waals surface area (Å²) in [6.45, 7) is 0.961. The Hall–Kier alpha value is -2.23. The fourth-order valence-corrected chi connectivity index (χ4v) is 2.79. The molecule has 0 bridgehead atoms. The van der Waals surface area contributed by atoms with Gasteiger partial charge in [-0.2, -0.15) is 0 Å². The van der Waals surface area contributed by atoms with E-state index in [2.05, 4.69) is 12.1 Å². The monoisotopic (exact) mass is 284 g/mol. The van der Waals surface area contributed by atoms with Crippen molar-refractivity contribution in [3.8, 4) is 5.75 Å². The van der Waals surface area contributed by atoms with Gasteiger partial charge in [-0.15, -0.1) is 0 Å². The molecule has 0 saturated carbocycles. The third-order valence-electron chi connectivity index (χ3n) is 3.93. The minimum absolute atomic E-state index is 0.0572. The van der Waals surface area contributed by atoms with E-state index in [4.69, 9.17) is 10.5 Å². The lowest BCUT2D eigenvalue weighted by Crippen LogP contribution is -2.22. The molecule has 1 aliphatic carbocycles. The molecule has 0 spiro atoms. The molecule has 4 nitrogen and oxygen atoms in total. The molecule has 21 heavy (non-hydrogen) atoms. The van der Waals surface area contributed by atoms with Crippen LogP contribution in [0.5, 0.6) is 5.75 Å². The average Bonchev–Trinajstić information content (AvgIpc) is 2.50. The second kappa shape index (κ2) is 6.04. The molecule has 1 heterocycles. The van der Waals surface area contributed by atoms with Gasteiger partial charge < -0.3 is 15.0 Å². The summed E-state index contributed by atoms with van der Waals surface area (Å²) in [6, 6.07) is 9.41. The highest BCUT2D eigenvalue weighted by atomic mass is 16.5. The highest BCUT2D eigenvalue weighted by Gasteiger charge is 2.09. The Balaban J connectivity index is 1.63. The number of nitrogens with two attached hydrogens (primary N) is 1. The third-order valence-corrected chi connectivity index (χ3v) is 3.93. The Morgan fingerprint density at radius 2 is 1.90 bits per heavy atom. The van der Waals surface area contributed by atoms with Crippen molar-refractivity contribution in [3.05, 3.63) is 58.0 Å². The largest absolute Gasteiger partial charge is 0.492 e. The van der Waals surface area contributed by atoms with Crippen molar-refractivity contribution < 1.29 is 4.74 Å². The second-order valence-corrected chi connectivity index (χ2v) is 5.48. The summed E-state index contributed by atoms with van der Waals surface area (Å²) in [7, 11) is 0. The van der Waals surface area contributed by atoms with Crippen LogP contribution in [0.4, 0.5) is 5.69 Å². The Morgan fingerprint density at radius 1 is 1.10 bits per heavy atom. The summed E-state index contributed by atoms with van der Waals surface area (Å²) in [5, 5.41) is 0. The molecule has 0 radical (unpaired) electrons. The van der Waals surface area contributed by atoms with Crippen LogP contribution in [-0.2, 0) is 19.4 Å². The summed E-state index contributed by atoms with van der Waals surface area (Å²) >= 11 is 0. The van der Waals surface area contributed by atoms with E-state index in [0.29, 0.717) is 18.8 Å². The first-order valence-corrected chi connectivity index (χ1v) is 7.43. The predicted molar refractivity (Wildman–Crippen MR) is 83.7 cm³/mol. The van der Waals surface area contributed by atoms with Crippen molar-refractivity contribution in [2.24, 2.45) is 0 Å². The summed E-state index contributed by atoms with van der Waals surface area (Å²) in [6.07, 6.45) is 6.51. The number of rotatable bonds is 4. The third kappa shape index (κ3) is 3.27. The Bertz CT molecular complexity index is 691. The van der Waals surface area contributed by atoms with Gasteiger partial charge in [-0.3, -0.25) is 4.79 Å². The van der Waals surface area contributed by atoms with Gasteiger partial charge in [-0.1, -0.05) is 6.07 Å². The van der Waals surface area contributed by atoms with Crippen molar-refractivity contribution in [2.75, 3.05) is 12.3 Å². The van der Waals surface area contributed by atoms with Crippen LogP contribution in [0.1, 0.15) is 24.0 Å². The molecule has 1 aliphatic rings. The van der Waals surface area contributed by atoms with E-state index >= 15 is 0 Å². The normalized spacial score (nSPS) is 13.7. The molecule has 0 amide bonds. The lowest BCUT2D eigenvalue weighted by atomic mass is 9.92. The molecule has 0 fully saturated rings. The fourth-order valence-electron chi connectivity index (χ4n) is 2.79. The van der Waals surface area contributed by atoms with E-state index < -0.39 is 0 Å². The van der Waals surface area contributed by atoms with Crippen LogP contribution in [0.25, 0.3) is 0 Å². The van der Waals surface area contributed by atoms with Gasteiger partial charge in [0.15, 0.2) is 0 Å². The SMILES string of the molecule is Nc1ccc(=O)n(CCOc2ccc3c(c2)CCCC3)c1. The van der Waals surface area contributed by atoms with Crippen LogP contribution in [0.2, 0.25) is 0 Å². The van der Waals surface area contributed by atoms with Crippen LogP contribution < -0.4 is 16.0 Å². The van der Waals surface area contributed by atoms with Gasteiger partial charge in [-0.25, -0.2) is 0 Å². The van der Waals surface area contributed by atoms with Gasteiger partial charge in [0.2, 0.25) is 0 Å². The first-order chi connectivity index (χ1) is 10.2. The van der Waals surface area contributed by atoms with E-state index in [-0.39, 0.29) is 5.56 Å². The van der Waals surface area contributed by atoms with Crippen molar-refractivity contribution in [2.45, 2.75) is 32.2 Å². The first-order valence-electron chi connectivity index (χ1n) is 7.43. The topological polar surface area (TPSA) is 57.2 Å². The van der Waals surface area contributed by atoms with Crippen molar-refractivity contribution in [3.63, 3.8) is 0 Å². The predicted octanol–water partition coefficient (Wildman–Crippen LogP) is 2.39. The lowest BCUT2D eigenvalue weighted by Gasteiger charge is -2.17. The van der Waals surface area contributed by atoms with E-state index in [0.717, 1.165) is 12.2 Å². The summed E-state index contributed by atoms with van der Waals surface area (Å²) in [4.78, 5) is 11.7. The zero-order valence-corrected chi connectivity index (χ0v) is 12.0. The molecule has 4 heteroatoms. The van der Waals surface area contributed by atoms with Crippen molar-refractivity contribution in [1.29, 1.82) is 0 Å². The summed E-state index contributed by atoms with van der Waals surface area (Å²) < 4.78 is 7.35. The Morgan fingerprint density at radius 3 is 2.76 bits per heavy atom. The number of nitrogen functional groups attached to an aromatic ring is 1. The van der Waals surface area contributed by atoms with E-state index in [1.165, 1.54) is 36.5 Å². The molecule has 0 aliphatic heterocycles. The maximum Gasteiger partial charge on any atom is 0.250 e. The molecule has 110 valence electrons. The maximum absolute atomic E-state index is 11.7. The molecular formula is C17H20N2O2. The van der Waals surface area contributed by atoms with E-state index in [1.807, 2.05) is 6.07 Å². The Labute approximate surface area is 124 Å². The number of ether oxygens (including phenoxy) is 1. The van der Waals surface area contributed by atoms with Gasteiger partial charge in [0.1, 0.15) is 12.4 Å². The maximum atomic E-state index is 11.7. The highest BCUT2D eigenvalue weighted by molar-refractivity contribution is 5.37. The number of benzene rings is 1. The Kier molecular flexibility index (Phi) is 3.95. The first kappa shape index (κ1) is 13.7. The van der Waals surface area contributed by atoms with Gasteiger partial charge >= 0.3 is 0 Å². The molecule has 0 unspecified atom stereocenters. The quantitative estimate of drug-likeness (QED) is 0.938. The number of hydrogen-bond acceptors (Lipinski definition) is 3. The molecule has 3 rings (SSSR count). The molecular weight excluding hydrogens is 264 g/mol. The van der Waals surface area contributed by atoms with Gasteiger partial charge in [0.25, 0.3) is 5.56 Å². The minimum Gasteiger partial charge on any atom is -0.492 e. The number of nitrogens with zero attached hydrogens (tertiary/aromatic N) is 1. The average molecular weight is 284 g/mol. The van der Waals surface area contributed by atoms with E-state index in [9.17, 15) is 4.79 Å². The number of anilines is 1. The van der Waals surface area contributed by atoms with Gasteiger partial charge in [0.05, 0.1) is 6.54 Å². The van der Waals surface area contributed by atoms with Gasteiger partial charge in [-0.05, 0) is 55.0 Å². The molecule has 2 N–H and O–H groups in total. The second-order valence-electron chi connectivity index (χ2n) is 5.48. The van der Waals surface area contributed by atoms with Crippen LogP contribution in [-0.4, -0.2) is 11.2 Å². The highest BCUT2D eigenvalue weighted by Crippen LogP contribution is 2.25. The molecule has 0 atom stereocenters. The standard InChI is InChI=1S/C17H20N2O2/c18-15-6-8-17(20)19(12-15)9-10-21-16-7-5-13-3-1-2-4-14(13)11-16/h5-8,11-12H,1-4,9-10,18H2. The van der Waals surface area contributed by atoms with Crippen LogP contribution >= 0.6 is 0 Å². The fraction of sp³-hybridized carbons (Fsp3) is 0.353. The van der Waals surface area contributed by atoms with Crippen LogP contribution in [0.3, 0.4) is 0 Å². The summed E-state index contributed by atoms with van der Waals surface area (Å²) in [5.41, 5.74) is 9.06. The van der Waals surface area contributed by atoms with E-state index in [1.54, 1.807) is 16.8 Å². The smallest absolute Gasteiger partial charge is 0.250 e. The van der Waals surface area contributed by atoms with Crippen LogP contribution in [0.15, 0.2) is 41.3 Å². The molecule has 1 aromatic carbocycles. The zero-order chi connectivity index (χ0) is 14.7.